The lowest BCUT2D eigenvalue weighted by Crippen LogP contribution is -2.29. The third-order valence-corrected chi connectivity index (χ3v) is 3.96. The summed E-state index contributed by atoms with van der Waals surface area (Å²) in [7, 11) is 0. The van der Waals surface area contributed by atoms with Crippen LogP contribution < -0.4 is 5.32 Å². The van der Waals surface area contributed by atoms with Crippen LogP contribution in [0.4, 0.5) is 0 Å². The number of amides is 1. The van der Waals surface area contributed by atoms with Gasteiger partial charge in [0.2, 0.25) is 0 Å². The molecule has 7 heteroatoms. The molecule has 1 unspecified atom stereocenters. The number of rotatable bonds is 6. The van der Waals surface area contributed by atoms with Crippen molar-refractivity contribution in [1.29, 1.82) is 0 Å². The maximum atomic E-state index is 12.0. The Labute approximate surface area is 138 Å². The van der Waals surface area contributed by atoms with E-state index in [0.717, 1.165) is 5.69 Å². The molecule has 0 radical (unpaired) electrons. The zero-order chi connectivity index (χ0) is 16.1. The lowest BCUT2D eigenvalue weighted by atomic mass is 10.1. The van der Waals surface area contributed by atoms with Gasteiger partial charge in [-0.2, -0.15) is 5.10 Å². The summed E-state index contributed by atoms with van der Waals surface area (Å²) in [5.41, 5.74) is 1.05. The summed E-state index contributed by atoms with van der Waals surface area (Å²) in [5.74, 6) is -0.0327. The summed E-state index contributed by atoms with van der Waals surface area (Å²) in [6.07, 6.45) is 2.34. The molecule has 1 heterocycles. The predicted molar refractivity (Wildman–Crippen MR) is 86.8 cm³/mol. The van der Waals surface area contributed by atoms with Crippen LogP contribution in [0.5, 0.6) is 0 Å². The van der Waals surface area contributed by atoms with E-state index in [0.29, 0.717) is 28.7 Å². The Morgan fingerprint density at radius 3 is 2.82 bits per heavy atom. The molecule has 118 valence electrons. The van der Waals surface area contributed by atoms with Crippen molar-refractivity contribution in [1.82, 2.24) is 15.1 Å². The van der Waals surface area contributed by atoms with Crippen molar-refractivity contribution >= 4 is 29.1 Å². The van der Waals surface area contributed by atoms with Crippen LogP contribution >= 0.6 is 23.2 Å². The summed E-state index contributed by atoms with van der Waals surface area (Å²) in [5, 5.41) is 16.8. The number of nitrogens with one attached hydrogen (secondary N) is 1. The summed E-state index contributed by atoms with van der Waals surface area (Å²) < 4.78 is 1.56. The zero-order valence-corrected chi connectivity index (χ0v) is 13.6. The molecule has 1 aromatic heterocycles. The highest BCUT2D eigenvalue weighted by atomic mass is 35.5. The monoisotopic (exact) mass is 341 g/mol. The van der Waals surface area contributed by atoms with Crippen molar-refractivity contribution in [2.75, 3.05) is 13.2 Å². The maximum absolute atomic E-state index is 12.0. The molecule has 2 rings (SSSR count). The molecule has 0 bridgehead atoms. The first-order valence-corrected chi connectivity index (χ1v) is 7.67. The Morgan fingerprint density at radius 1 is 1.36 bits per heavy atom. The van der Waals surface area contributed by atoms with Crippen molar-refractivity contribution in [2.24, 2.45) is 5.92 Å². The molecule has 0 saturated heterocycles. The van der Waals surface area contributed by atoms with Gasteiger partial charge in [0.1, 0.15) is 0 Å². The average molecular weight is 342 g/mol. The van der Waals surface area contributed by atoms with Crippen molar-refractivity contribution in [3.8, 4) is 5.69 Å². The molecule has 0 saturated carbocycles. The van der Waals surface area contributed by atoms with E-state index >= 15 is 0 Å². The molecule has 5 nitrogen and oxygen atoms in total. The van der Waals surface area contributed by atoms with Crippen LogP contribution in [0.15, 0.2) is 30.5 Å². The highest BCUT2D eigenvalue weighted by Crippen LogP contribution is 2.24. The van der Waals surface area contributed by atoms with Crippen LogP contribution in [0.25, 0.3) is 5.69 Å². The van der Waals surface area contributed by atoms with Gasteiger partial charge in [-0.1, -0.05) is 30.1 Å². The van der Waals surface area contributed by atoms with Crippen LogP contribution in [0.2, 0.25) is 10.0 Å². The molecule has 1 aromatic carbocycles. The van der Waals surface area contributed by atoms with Crippen LogP contribution in [0.1, 0.15) is 23.8 Å². The summed E-state index contributed by atoms with van der Waals surface area (Å²) in [4.78, 5) is 12.0. The molecule has 2 aromatic rings. The summed E-state index contributed by atoms with van der Waals surface area (Å²) in [6.45, 7) is 2.58. The number of carbonyl (C=O) groups excluding carboxylic acids is 1. The van der Waals surface area contributed by atoms with Gasteiger partial charge in [-0.15, -0.1) is 0 Å². The summed E-state index contributed by atoms with van der Waals surface area (Å²) >= 11 is 11.9. The molecule has 1 atom stereocenters. The van der Waals surface area contributed by atoms with E-state index in [-0.39, 0.29) is 18.4 Å². The van der Waals surface area contributed by atoms with Gasteiger partial charge in [0.25, 0.3) is 5.91 Å². The van der Waals surface area contributed by atoms with E-state index in [1.165, 1.54) is 0 Å². The van der Waals surface area contributed by atoms with E-state index in [2.05, 4.69) is 10.4 Å². The highest BCUT2D eigenvalue weighted by Gasteiger charge is 2.12. The molecular formula is C15H17Cl2N3O2. The third-order valence-electron chi connectivity index (χ3n) is 3.22. The Kier molecular flexibility index (Phi) is 5.83. The van der Waals surface area contributed by atoms with Gasteiger partial charge >= 0.3 is 0 Å². The third kappa shape index (κ3) is 4.22. The fraction of sp³-hybridized carbons (Fsp3) is 0.333. The van der Waals surface area contributed by atoms with E-state index in [4.69, 9.17) is 28.3 Å². The van der Waals surface area contributed by atoms with E-state index in [1.54, 1.807) is 35.1 Å². The van der Waals surface area contributed by atoms with Crippen LogP contribution in [0.3, 0.4) is 0 Å². The minimum atomic E-state index is -0.247. The maximum Gasteiger partial charge on any atom is 0.271 e. The van der Waals surface area contributed by atoms with Gasteiger partial charge in [0.05, 0.1) is 15.7 Å². The smallest absolute Gasteiger partial charge is 0.271 e. The zero-order valence-electron chi connectivity index (χ0n) is 12.1. The minimum absolute atomic E-state index is 0.114. The van der Waals surface area contributed by atoms with Gasteiger partial charge in [0.15, 0.2) is 5.69 Å². The molecule has 1 amide bonds. The number of halogens is 2. The standard InChI is InChI=1S/C15H17Cl2N3O2/c1-10(5-7-21)9-18-15(22)14-4-6-20(19-14)11-2-3-12(16)13(17)8-11/h2-4,6,8,10,21H,5,7,9H2,1H3,(H,18,22). The first-order chi connectivity index (χ1) is 10.5. The Hall–Kier alpha value is -1.56. The number of hydrogen-bond donors (Lipinski definition) is 2. The molecule has 0 fully saturated rings. The second kappa shape index (κ2) is 7.63. The van der Waals surface area contributed by atoms with E-state index in [1.807, 2.05) is 6.92 Å². The van der Waals surface area contributed by atoms with Crippen molar-refractivity contribution in [3.05, 3.63) is 46.2 Å². The lowest BCUT2D eigenvalue weighted by molar-refractivity contribution is 0.0940. The summed E-state index contributed by atoms with van der Waals surface area (Å²) in [6, 6.07) is 6.76. The van der Waals surface area contributed by atoms with Gasteiger partial charge in [-0.25, -0.2) is 4.68 Å². The number of nitrogens with zero attached hydrogens (tertiary/aromatic N) is 2. The van der Waals surface area contributed by atoms with Crippen molar-refractivity contribution in [2.45, 2.75) is 13.3 Å². The lowest BCUT2D eigenvalue weighted by Gasteiger charge is -2.10. The van der Waals surface area contributed by atoms with Crippen molar-refractivity contribution < 1.29 is 9.90 Å². The molecule has 22 heavy (non-hydrogen) atoms. The van der Waals surface area contributed by atoms with Gasteiger partial charge in [-0.3, -0.25) is 4.79 Å². The molecule has 0 aliphatic rings. The van der Waals surface area contributed by atoms with Crippen LogP contribution in [-0.4, -0.2) is 33.9 Å². The number of aliphatic hydroxyl groups is 1. The van der Waals surface area contributed by atoms with Crippen LogP contribution in [-0.2, 0) is 0 Å². The number of hydrogen-bond acceptors (Lipinski definition) is 3. The molecule has 0 spiro atoms. The minimum Gasteiger partial charge on any atom is -0.396 e. The Balaban J connectivity index is 2.04. The molecule has 0 aliphatic heterocycles. The quantitative estimate of drug-likeness (QED) is 0.848. The topological polar surface area (TPSA) is 67.2 Å². The van der Waals surface area contributed by atoms with Crippen molar-refractivity contribution in [3.63, 3.8) is 0 Å². The second-order valence-electron chi connectivity index (χ2n) is 5.07. The van der Waals surface area contributed by atoms with E-state index in [9.17, 15) is 4.79 Å². The van der Waals surface area contributed by atoms with Gasteiger partial charge < -0.3 is 10.4 Å². The van der Waals surface area contributed by atoms with Crippen LogP contribution in [0, 0.1) is 5.92 Å². The SMILES string of the molecule is CC(CCO)CNC(=O)c1ccn(-c2ccc(Cl)c(Cl)c2)n1. The largest absolute Gasteiger partial charge is 0.396 e. The number of carbonyl (C=O) groups is 1. The first-order valence-electron chi connectivity index (χ1n) is 6.91. The first kappa shape index (κ1) is 16.8. The van der Waals surface area contributed by atoms with E-state index < -0.39 is 0 Å². The van der Waals surface area contributed by atoms with Gasteiger partial charge in [0, 0.05) is 19.3 Å². The molecule has 0 aliphatic carbocycles. The Bertz CT molecular complexity index is 658. The Morgan fingerprint density at radius 2 is 2.14 bits per heavy atom. The second-order valence-corrected chi connectivity index (χ2v) is 5.89. The fourth-order valence-electron chi connectivity index (χ4n) is 1.90. The van der Waals surface area contributed by atoms with Gasteiger partial charge in [-0.05, 0) is 36.6 Å². The fourth-order valence-corrected chi connectivity index (χ4v) is 2.19. The predicted octanol–water partition coefficient (Wildman–Crippen LogP) is 2.93. The average Bonchev–Trinajstić information content (AvgIpc) is 2.98. The molecular weight excluding hydrogens is 325 g/mol. The number of aliphatic hydroxyl groups excluding tert-OH is 1. The molecule has 2 N–H and O–H groups in total. The highest BCUT2D eigenvalue weighted by molar-refractivity contribution is 6.42. The number of aromatic nitrogens is 2. The normalized spacial score (nSPS) is 12.2. The number of benzene rings is 1.